The predicted octanol–water partition coefficient (Wildman–Crippen LogP) is 2.57. The smallest absolute Gasteiger partial charge is 0.253 e. The predicted molar refractivity (Wildman–Crippen MR) is 80.6 cm³/mol. The first-order valence-electron chi connectivity index (χ1n) is 6.80. The number of amides is 1. The van der Waals surface area contributed by atoms with Gasteiger partial charge in [0, 0.05) is 5.69 Å². The minimum atomic E-state index is -0.714. The molecule has 6 heteroatoms. The van der Waals surface area contributed by atoms with E-state index in [4.69, 9.17) is 15.2 Å². The van der Waals surface area contributed by atoms with Gasteiger partial charge >= 0.3 is 0 Å². The molecular weight excluding hydrogens is 275 g/mol. The molecule has 0 spiro atoms. The molecule has 5 nitrogen and oxygen atoms in total. The maximum Gasteiger partial charge on any atom is 0.253 e. The largest absolute Gasteiger partial charge is 0.399 e. The van der Waals surface area contributed by atoms with Crippen molar-refractivity contribution < 1.29 is 18.7 Å². The lowest BCUT2D eigenvalue weighted by Gasteiger charge is -2.20. The van der Waals surface area contributed by atoms with Crippen LogP contribution in [0.1, 0.15) is 27.7 Å². The van der Waals surface area contributed by atoms with Crippen LogP contribution in [0.3, 0.4) is 0 Å². The van der Waals surface area contributed by atoms with E-state index in [9.17, 15) is 9.18 Å². The van der Waals surface area contributed by atoms with Crippen molar-refractivity contribution >= 4 is 17.3 Å². The number of anilines is 2. The highest BCUT2D eigenvalue weighted by atomic mass is 19.1. The van der Waals surface area contributed by atoms with Crippen LogP contribution in [0.5, 0.6) is 0 Å². The second-order valence-corrected chi connectivity index (χ2v) is 5.70. The van der Waals surface area contributed by atoms with Crippen molar-refractivity contribution in [1.82, 2.24) is 0 Å². The van der Waals surface area contributed by atoms with Crippen molar-refractivity contribution in [3.63, 3.8) is 0 Å². The Morgan fingerprint density at radius 3 is 2.67 bits per heavy atom. The van der Waals surface area contributed by atoms with Crippen molar-refractivity contribution in [2.75, 3.05) is 24.3 Å². The van der Waals surface area contributed by atoms with Gasteiger partial charge in [0.05, 0.1) is 24.5 Å². The van der Waals surface area contributed by atoms with Crippen LogP contribution in [-0.2, 0) is 14.3 Å². The number of carbonyl (C=O) groups is 1. The molecular formula is C15H23FN2O3. The molecule has 0 heterocycles. The van der Waals surface area contributed by atoms with E-state index in [0.29, 0.717) is 12.3 Å². The van der Waals surface area contributed by atoms with Crippen LogP contribution in [0.25, 0.3) is 0 Å². The summed E-state index contributed by atoms with van der Waals surface area (Å²) in [5.41, 5.74) is 5.72. The molecule has 0 bridgehead atoms. The van der Waals surface area contributed by atoms with Crippen molar-refractivity contribution in [1.29, 1.82) is 0 Å². The minimum absolute atomic E-state index is 0.0430. The molecule has 0 saturated carbocycles. The van der Waals surface area contributed by atoms with Crippen molar-refractivity contribution in [2.45, 2.75) is 39.4 Å². The third kappa shape index (κ3) is 6.55. The third-order valence-corrected chi connectivity index (χ3v) is 2.60. The van der Waals surface area contributed by atoms with Crippen LogP contribution >= 0.6 is 0 Å². The molecule has 1 rings (SSSR count). The van der Waals surface area contributed by atoms with Gasteiger partial charge in [-0.25, -0.2) is 4.39 Å². The summed E-state index contributed by atoms with van der Waals surface area (Å²) in [6.07, 6.45) is -0.714. The molecule has 0 fully saturated rings. The van der Waals surface area contributed by atoms with Gasteiger partial charge in [0.2, 0.25) is 0 Å². The first-order valence-corrected chi connectivity index (χ1v) is 6.80. The standard InChI is InChI=1S/C15H23FN2O3/c1-10(20-7-8-21-15(2,3)4)14(19)18-13-9-11(17)5-6-12(13)16/h5-6,9-10H,7-8,17H2,1-4H3,(H,18,19). The minimum Gasteiger partial charge on any atom is -0.399 e. The summed E-state index contributed by atoms with van der Waals surface area (Å²) < 4.78 is 24.3. The zero-order valence-corrected chi connectivity index (χ0v) is 12.9. The molecule has 0 aliphatic carbocycles. The second kappa shape index (κ2) is 7.38. The molecule has 1 aromatic carbocycles. The van der Waals surface area contributed by atoms with Gasteiger partial charge in [0.15, 0.2) is 0 Å². The van der Waals surface area contributed by atoms with Crippen LogP contribution in [0, 0.1) is 5.82 Å². The van der Waals surface area contributed by atoms with E-state index in [-0.39, 0.29) is 17.9 Å². The third-order valence-electron chi connectivity index (χ3n) is 2.60. The Kier molecular flexibility index (Phi) is 6.11. The molecule has 118 valence electrons. The quantitative estimate of drug-likeness (QED) is 0.625. The SMILES string of the molecule is CC(OCCOC(C)(C)C)C(=O)Nc1cc(N)ccc1F. The average molecular weight is 298 g/mol. The monoisotopic (exact) mass is 298 g/mol. The Morgan fingerprint density at radius 2 is 2.05 bits per heavy atom. The number of carbonyl (C=O) groups excluding carboxylic acids is 1. The highest BCUT2D eigenvalue weighted by Gasteiger charge is 2.16. The maximum atomic E-state index is 13.5. The number of nitrogens with one attached hydrogen (secondary N) is 1. The van der Waals surface area contributed by atoms with Crippen LogP contribution in [-0.4, -0.2) is 30.8 Å². The van der Waals surface area contributed by atoms with E-state index in [1.54, 1.807) is 6.92 Å². The van der Waals surface area contributed by atoms with Gasteiger partial charge in [0.25, 0.3) is 5.91 Å². The lowest BCUT2D eigenvalue weighted by molar-refractivity contribution is -0.128. The number of rotatable bonds is 6. The number of halogens is 1. The number of hydrogen-bond donors (Lipinski definition) is 2. The summed E-state index contributed by atoms with van der Waals surface area (Å²) in [7, 11) is 0. The molecule has 0 saturated heterocycles. The van der Waals surface area contributed by atoms with Crippen molar-refractivity contribution in [3.8, 4) is 0 Å². The molecule has 1 atom stereocenters. The highest BCUT2D eigenvalue weighted by Crippen LogP contribution is 2.17. The van der Waals surface area contributed by atoms with E-state index in [0.717, 1.165) is 0 Å². The fraction of sp³-hybridized carbons (Fsp3) is 0.533. The van der Waals surface area contributed by atoms with E-state index < -0.39 is 17.8 Å². The number of nitrogens with two attached hydrogens (primary N) is 1. The fourth-order valence-electron chi connectivity index (χ4n) is 1.52. The Morgan fingerprint density at radius 1 is 1.38 bits per heavy atom. The Labute approximate surface area is 124 Å². The van der Waals surface area contributed by atoms with Gasteiger partial charge in [-0.2, -0.15) is 0 Å². The van der Waals surface area contributed by atoms with E-state index in [2.05, 4.69) is 5.32 Å². The molecule has 1 aromatic rings. The Bertz CT molecular complexity index is 486. The molecule has 1 amide bonds. The lowest BCUT2D eigenvalue weighted by Crippen LogP contribution is -2.30. The normalized spacial score (nSPS) is 13.0. The maximum absolute atomic E-state index is 13.5. The van der Waals surface area contributed by atoms with Gasteiger partial charge in [-0.05, 0) is 45.9 Å². The molecule has 3 N–H and O–H groups in total. The van der Waals surface area contributed by atoms with Crippen molar-refractivity contribution in [3.05, 3.63) is 24.0 Å². The summed E-state index contributed by atoms with van der Waals surface area (Å²) in [6, 6.07) is 3.99. The van der Waals surface area contributed by atoms with Crippen molar-refractivity contribution in [2.24, 2.45) is 0 Å². The summed E-state index contributed by atoms with van der Waals surface area (Å²) in [4.78, 5) is 11.9. The molecule has 0 radical (unpaired) electrons. The highest BCUT2D eigenvalue weighted by molar-refractivity contribution is 5.94. The zero-order chi connectivity index (χ0) is 16.0. The van der Waals surface area contributed by atoms with Crippen LogP contribution in [0.15, 0.2) is 18.2 Å². The molecule has 0 aliphatic rings. The first kappa shape index (κ1) is 17.4. The van der Waals surface area contributed by atoms with E-state index in [1.807, 2.05) is 20.8 Å². The number of ether oxygens (including phenoxy) is 2. The molecule has 21 heavy (non-hydrogen) atoms. The van der Waals surface area contributed by atoms with Crippen LogP contribution < -0.4 is 11.1 Å². The fourth-order valence-corrected chi connectivity index (χ4v) is 1.52. The molecule has 0 aliphatic heterocycles. The Hall–Kier alpha value is -1.66. The average Bonchev–Trinajstić information content (AvgIpc) is 2.37. The van der Waals surface area contributed by atoms with Crippen LogP contribution in [0.2, 0.25) is 0 Å². The van der Waals surface area contributed by atoms with Gasteiger partial charge < -0.3 is 20.5 Å². The van der Waals surface area contributed by atoms with Crippen LogP contribution in [0.4, 0.5) is 15.8 Å². The van der Waals surface area contributed by atoms with E-state index >= 15 is 0 Å². The summed E-state index contributed by atoms with van der Waals surface area (Å²) in [5, 5.41) is 2.45. The number of nitrogen functional groups attached to an aromatic ring is 1. The number of benzene rings is 1. The summed E-state index contributed by atoms with van der Waals surface area (Å²) in [6.45, 7) is 8.07. The lowest BCUT2D eigenvalue weighted by atomic mass is 10.2. The topological polar surface area (TPSA) is 73.6 Å². The zero-order valence-electron chi connectivity index (χ0n) is 12.9. The number of hydrogen-bond acceptors (Lipinski definition) is 4. The van der Waals surface area contributed by atoms with E-state index in [1.165, 1.54) is 18.2 Å². The second-order valence-electron chi connectivity index (χ2n) is 5.70. The van der Waals surface area contributed by atoms with Gasteiger partial charge in [-0.3, -0.25) is 4.79 Å². The molecule has 0 aromatic heterocycles. The summed E-state index contributed by atoms with van der Waals surface area (Å²) in [5.74, 6) is -0.976. The van der Waals surface area contributed by atoms with Gasteiger partial charge in [-0.1, -0.05) is 0 Å². The molecule has 1 unspecified atom stereocenters. The summed E-state index contributed by atoms with van der Waals surface area (Å²) >= 11 is 0. The Balaban J connectivity index is 2.42. The van der Waals surface area contributed by atoms with Gasteiger partial charge in [-0.15, -0.1) is 0 Å². The van der Waals surface area contributed by atoms with Gasteiger partial charge in [0.1, 0.15) is 11.9 Å². The first-order chi connectivity index (χ1) is 9.69.